The van der Waals surface area contributed by atoms with Gasteiger partial charge in [-0.2, -0.15) is 0 Å². The lowest BCUT2D eigenvalue weighted by molar-refractivity contribution is -0.146. The van der Waals surface area contributed by atoms with Gasteiger partial charge >= 0.3 is 0 Å². The molecule has 3 aliphatic heterocycles. The summed E-state index contributed by atoms with van der Waals surface area (Å²) in [5.41, 5.74) is 0. The van der Waals surface area contributed by atoms with E-state index in [0.29, 0.717) is 31.6 Å². The maximum atomic E-state index is 12.6. The van der Waals surface area contributed by atoms with Crippen molar-refractivity contribution in [3.05, 3.63) is 0 Å². The zero-order valence-electron chi connectivity index (χ0n) is 10.8. The Morgan fingerprint density at radius 1 is 1.44 bits per heavy atom. The van der Waals surface area contributed by atoms with Crippen LogP contribution in [0.4, 0.5) is 0 Å². The fourth-order valence-electron chi connectivity index (χ4n) is 3.69. The molecular weight excluding hydrogens is 230 g/mol. The zero-order chi connectivity index (χ0) is 12.7. The van der Waals surface area contributed by atoms with Gasteiger partial charge in [-0.15, -0.1) is 0 Å². The first-order valence-electron chi connectivity index (χ1n) is 7.05. The zero-order valence-corrected chi connectivity index (χ0v) is 10.8. The maximum Gasteiger partial charge on any atom is 0.242 e. The number of piperazine rings is 1. The monoisotopic (exact) mass is 251 g/mol. The van der Waals surface area contributed by atoms with Gasteiger partial charge in [0.25, 0.3) is 0 Å². The fraction of sp³-hybridized carbons (Fsp3) is 0.846. The molecule has 18 heavy (non-hydrogen) atoms. The number of hydrogen-bond acceptors (Lipinski definition) is 3. The molecule has 0 radical (unpaired) electrons. The number of fused-ring (bicyclic) bond motifs is 2. The molecule has 3 heterocycles. The van der Waals surface area contributed by atoms with Gasteiger partial charge in [-0.1, -0.05) is 6.92 Å². The normalized spacial score (nSPS) is 38.9. The average molecular weight is 251 g/mol. The Kier molecular flexibility index (Phi) is 3.01. The Balaban J connectivity index is 1.73. The number of nitrogens with one attached hydrogen (secondary N) is 2. The fourth-order valence-corrected chi connectivity index (χ4v) is 3.69. The molecule has 0 spiro atoms. The topological polar surface area (TPSA) is 61.4 Å². The minimum atomic E-state index is -0.259. The van der Waals surface area contributed by atoms with Gasteiger partial charge in [-0.25, -0.2) is 0 Å². The van der Waals surface area contributed by atoms with Crippen LogP contribution in [0.5, 0.6) is 0 Å². The number of carbonyl (C=O) groups is 2. The minimum Gasteiger partial charge on any atom is -0.353 e. The van der Waals surface area contributed by atoms with Crippen molar-refractivity contribution in [2.24, 2.45) is 5.92 Å². The Morgan fingerprint density at radius 3 is 2.89 bits per heavy atom. The van der Waals surface area contributed by atoms with Crippen LogP contribution in [0.1, 0.15) is 32.6 Å². The van der Waals surface area contributed by atoms with Crippen LogP contribution in [0.15, 0.2) is 0 Å². The number of rotatable bonds is 2. The van der Waals surface area contributed by atoms with Crippen LogP contribution < -0.4 is 10.6 Å². The van der Waals surface area contributed by atoms with E-state index in [1.54, 1.807) is 0 Å². The van der Waals surface area contributed by atoms with Crippen LogP contribution in [0.25, 0.3) is 0 Å². The highest BCUT2D eigenvalue weighted by Crippen LogP contribution is 2.34. The molecule has 4 atom stereocenters. The van der Waals surface area contributed by atoms with Crippen LogP contribution in [0, 0.1) is 5.92 Å². The van der Waals surface area contributed by atoms with E-state index in [4.69, 9.17) is 0 Å². The molecule has 2 bridgehead atoms. The Bertz CT molecular complexity index is 371. The van der Waals surface area contributed by atoms with E-state index in [-0.39, 0.29) is 23.8 Å². The molecule has 3 rings (SSSR count). The third kappa shape index (κ3) is 1.81. The lowest BCUT2D eigenvalue weighted by Gasteiger charge is -2.37. The largest absolute Gasteiger partial charge is 0.353 e. The van der Waals surface area contributed by atoms with Gasteiger partial charge in [0.2, 0.25) is 11.8 Å². The second-order valence-electron chi connectivity index (χ2n) is 5.64. The number of nitrogens with zero attached hydrogens (tertiary/aromatic N) is 1. The number of hydrogen-bond donors (Lipinski definition) is 2. The van der Waals surface area contributed by atoms with Gasteiger partial charge in [0.1, 0.15) is 6.04 Å². The molecule has 0 aliphatic carbocycles. The molecule has 0 aromatic carbocycles. The van der Waals surface area contributed by atoms with Crippen LogP contribution >= 0.6 is 0 Å². The van der Waals surface area contributed by atoms with Crippen LogP contribution in [0.2, 0.25) is 0 Å². The van der Waals surface area contributed by atoms with Gasteiger partial charge in [-0.05, 0) is 25.7 Å². The molecule has 2 N–H and O–H groups in total. The van der Waals surface area contributed by atoms with Crippen molar-refractivity contribution in [1.82, 2.24) is 15.5 Å². The Labute approximate surface area is 107 Å². The first-order valence-corrected chi connectivity index (χ1v) is 7.05. The van der Waals surface area contributed by atoms with Crippen LogP contribution in [-0.2, 0) is 9.59 Å². The molecule has 0 saturated carbocycles. The second-order valence-corrected chi connectivity index (χ2v) is 5.64. The molecule has 4 unspecified atom stereocenters. The van der Waals surface area contributed by atoms with Gasteiger partial charge < -0.3 is 15.5 Å². The number of carbonyl (C=O) groups excluding carboxylic acids is 2. The summed E-state index contributed by atoms with van der Waals surface area (Å²) >= 11 is 0. The molecule has 2 amide bonds. The van der Waals surface area contributed by atoms with Gasteiger partial charge in [0.15, 0.2) is 0 Å². The van der Waals surface area contributed by atoms with Crippen molar-refractivity contribution in [3.63, 3.8) is 0 Å². The molecule has 100 valence electrons. The van der Waals surface area contributed by atoms with E-state index in [2.05, 4.69) is 10.6 Å². The molecule has 0 aromatic rings. The van der Waals surface area contributed by atoms with Crippen molar-refractivity contribution in [3.8, 4) is 0 Å². The molecule has 3 saturated heterocycles. The van der Waals surface area contributed by atoms with Crippen molar-refractivity contribution in [2.75, 3.05) is 13.1 Å². The van der Waals surface area contributed by atoms with Crippen molar-refractivity contribution in [1.29, 1.82) is 0 Å². The Hall–Kier alpha value is -1.10. The first-order chi connectivity index (χ1) is 8.70. The predicted octanol–water partition coefficient (Wildman–Crippen LogP) is -0.136. The van der Waals surface area contributed by atoms with E-state index >= 15 is 0 Å². The summed E-state index contributed by atoms with van der Waals surface area (Å²) in [5.74, 6) is 0.299. The van der Waals surface area contributed by atoms with Gasteiger partial charge in [0.05, 0.1) is 5.92 Å². The molecular formula is C13H21N3O2. The second kappa shape index (κ2) is 4.53. The molecule has 0 aromatic heterocycles. The smallest absolute Gasteiger partial charge is 0.242 e. The molecule has 3 aliphatic rings. The van der Waals surface area contributed by atoms with Crippen molar-refractivity contribution < 1.29 is 9.59 Å². The van der Waals surface area contributed by atoms with Gasteiger partial charge in [0, 0.05) is 25.2 Å². The SMILES string of the molecule is CCC1C(=O)NCCN1C(=O)C1CC2CCC1N2. The summed E-state index contributed by atoms with van der Waals surface area (Å²) in [6.07, 6.45) is 3.97. The highest BCUT2D eigenvalue weighted by atomic mass is 16.2. The highest BCUT2D eigenvalue weighted by Gasteiger charge is 2.46. The maximum absolute atomic E-state index is 12.6. The summed E-state index contributed by atoms with van der Waals surface area (Å²) in [4.78, 5) is 26.2. The van der Waals surface area contributed by atoms with Crippen molar-refractivity contribution >= 4 is 11.8 Å². The molecule has 3 fully saturated rings. The lowest BCUT2D eigenvalue weighted by Crippen LogP contribution is -2.58. The summed E-state index contributed by atoms with van der Waals surface area (Å²) < 4.78 is 0. The van der Waals surface area contributed by atoms with Gasteiger partial charge in [-0.3, -0.25) is 9.59 Å². The highest BCUT2D eigenvalue weighted by molar-refractivity contribution is 5.90. The van der Waals surface area contributed by atoms with E-state index in [9.17, 15) is 9.59 Å². The summed E-state index contributed by atoms with van der Waals surface area (Å²) in [7, 11) is 0. The van der Waals surface area contributed by atoms with Crippen molar-refractivity contribution in [2.45, 2.75) is 50.7 Å². The third-order valence-corrected chi connectivity index (χ3v) is 4.62. The summed E-state index contributed by atoms with van der Waals surface area (Å²) in [5, 5.41) is 6.34. The predicted molar refractivity (Wildman–Crippen MR) is 66.9 cm³/mol. The first kappa shape index (κ1) is 12.0. The molecule has 5 nitrogen and oxygen atoms in total. The number of amides is 2. The van der Waals surface area contributed by atoms with E-state index < -0.39 is 0 Å². The van der Waals surface area contributed by atoms with Crippen LogP contribution in [-0.4, -0.2) is 47.9 Å². The summed E-state index contributed by atoms with van der Waals surface area (Å²) in [6, 6.07) is 0.623. The third-order valence-electron chi connectivity index (χ3n) is 4.62. The minimum absolute atomic E-state index is 0.00761. The summed E-state index contributed by atoms with van der Waals surface area (Å²) in [6.45, 7) is 3.22. The average Bonchev–Trinajstić information content (AvgIpc) is 2.99. The van der Waals surface area contributed by atoms with Crippen LogP contribution in [0.3, 0.4) is 0 Å². The quantitative estimate of drug-likeness (QED) is 0.718. The standard InChI is InChI=1S/C13H21N3O2/c1-2-11-12(17)14-5-6-16(11)13(18)9-7-8-3-4-10(9)15-8/h8-11,15H,2-7H2,1H3,(H,14,17). The van der Waals surface area contributed by atoms with E-state index in [1.807, 2.05) is 11.8 Å². The Morgan fingerprint density at radius 2 is 2.28 bits per heavy atom. The lowest BCUT2D eigenvalue weighted by atomic mass is 9.87. The molecule has 5 heteroatoms. The van der Waals surface area contributed by atoms with E-state index in [0.717, 1.165) is 12.8 Å². The van der Waals surface area contributed by atoms with E-state index in [1.165, 1.54) is 6.42 Å².